The van der Waals surface area contributed by atoms with Crippen molar-refractivity contribution < 1.29 is 41.5 Å². The molecule has 0 radical (unpaired) electrons. The van der Waals surface area contributed by atoms with Gasteiger partial charge in [-0.1, -0.05) is 66.9 Å². The van der Waals surface area contributed by atoms with E-state index in [4.69, 9.17) is 35.5 Å². The third-order valence-corrected chi connectivity index (χ3v) is 13.1. The topological polar surface area (TPSA) is 199 Å². The fourth-order valence-corrected chi connectivity index (χ4v) is 9.38. The van der Waals surface area contributed by atoms with Crippen molar-refractivity contribution in [2.24, 2.45) is 5.92 Å². The molecule has 3 N–H and O–H groups in total. The third-order valence-electron chi connectivity index (χ3n) is 11.1. The van der Waals surface area contributed by atoms with Crippen LogP contribution in [0.5, 0.6) is 5.88 Å². The quantitative estimate of drug-likeness (QED) is 0.186. The highest BCUT2D eigenvalue weighted by Gasteiger charge is 2.62. The van der Waals surface area contributed by atoms with Gasteiger partial charge in [0, 0.05) is 28.3 Å². The summed E-state index contributed by atoms with van der Waals surface area (Å²) in [5.41, 5.74) is -0.473. The first-order chi connectivity index (χ1) is 28.1. The van der Waals surface area contributed by atoms with Crippen molar-refractivity contribution in [3.8, 4) is 17.3 Å². The monoisotopic (exact) mass is 846 g/mol. The lowest BCUT2D eigenvalue weighted by molar-refractivity contribution is -0.141. The molecule has 15 nitrogen and oxygen atoms in total. The molecule has 59 heavy (non-hydrogen) atoms. The maximum absolute atomic E-state index is 14.7. The second-order valence-electron chi connectivity index (χ2n) is 16.8. The van der Waals surface area contributed by atoms with E-state index in [0.717, 1.165) is 12.8 Å². The highest BCUT2D eigenvalue weighted by molar-refractivity contribution is 7.91. The summed E-state index contributed by atoms with van der Waals surface area (Å²) in [7, 11) is -3.93. The second-order valence-corrected chi connectivity index (χ2v) is 19.2. The summed E-state index contributed by atoms with van der Waals surface area (Å²) in [6, 6.07) is 12.2. The van der Waals surface area contributed by atoms with E-state index in [9.17, 15) is 27.6 Å². The highest BCUT2D eigenvalue weighted by Crippen LogP contribution is 2.46. The molecule has 2 aliphatic heterocycles. The minimum Gasteiger partial charge on any atom is -0.470 e. The molecule has 1 saturated heterocycles. The zero-order valence-electron chi connectivity index (χ0n) is 33.0. The number of sulfonamides is 1. The van der Waals surface area contributed by atoms with Crippen LogP contribution in [0.3, 0.4) is 0 Å². The number of benzene rings is 2. The van der Waals surface area contributed by atoms with Crippen molar-refractivity contribution in [1.29, 1.82) is 0 Å². The summed E-state index contributed by atoms with van der Waals surface area (Å²) in [4.78, 5) is 67.1. The number of ether oxygens (including phenoxy) is 2. The van der Waals surface area contributed by atoms with E-state index in [1.165, 1.54) is 4.90 Å². The Morgan fingerprint density at radius 2 is 1.81 bits per heavy atom. The number of nitrogens with zero attached hydrogens (tertiary/aromatic N) is 3. The molecular formula is C42H47ClN6O9S. The number of carbonyl (C=O) groups is 4. The van der Waals surface area contributed by atoms with Crippen LogP contribution in [0.15, 0.2) is 65.1 Å². The number of hydrogen-bond acceptors (Lipinski definition) is 11. The van der Waals surface area contributed by atoms with Gasteiger partial charge in [0.25, 0.3) is 11.8 Å². The molecule has 2 saturated carbocycles. The van der Waals surface area contributed by atoms with Gasteiger partial charge in [-0.15, -0.1) is 0 Å². The predicted molar refractivity (Wildman–Crippen MR) is 219 cm³/mol. The first-order valence-electron chi connectivity index (χ1n) is 20.1. The number of carbonyl (C=O) groups excluding carboxylic acids is 4. The number of alkyl carbamates (subject to hydrolysis) is 1. The Morgan fingerprint density at radius 1 is 1.03 bits per heavy atom. The van der Waals surface area contributed by atoms with E-state index in [1.807, 2.05) is 42.5 Å². The molecule has 4 heterocycles. The van der Waals surface area contributed by atoms with Gasteiger partial charge >= 0.3 is 6.09 Å². The smallest absolute Gasteiger partial charge is 0.408 e. The number of allylic oxidation sites excluding steroid dienone is 1. The van der Waals surface area contributed by atoms with Crippen LogP contribution < -0.4 is 20.1 Å². The maximum atomic E-state index is 14.7. The Morgan fingerprint density at radius 3 is 2.56 bits per heavy atom. The van der Waals surface area contributed by atoms with E-state index in [-0.39, 0.29) is 37.3 Å². The highest BCUT2D eigenvalue weighted by atomic mass is 35.5. The van der Waals surface area contributed by atoms with Crippen molar-refractivity contribution in [2.45, 2.75) is 113 Å². The summed E-state index contributed by atoms with van der Waals surface area (Å²) < 4.78 is 46.4. The van der Waals surface area contributed by atoms with Crippen LogP contribution in [0, 0.1) is 5.92 Å². The zero-order valence-corrected chi connectivity index (χ0v) is 34.6. The Hall–Kier alpha value is -5.22. The largest absolute Gasteiger partial charge is 0.470 e. The minimum atomic E-state index is -3.93. The molecule has 2 aliphatic carbocycles. The van der Waals surface area contributed by atoms with Gasteiger partial charge in [-0.05, 0) is 77.5 Å². The number of rotatable bonds is 7. The first-order valence-corrected chi connectivity index (χ1v) is 22.0. The Bertz CT molecular complexity index is 2450. The number of nitrogens with one attached hydrogen (secondary N) is 3. The summed E-state index contributed by atoms with van der Waals surface area (Å²) in [5.74, 6) is -2.04. The summed E-state index contributed by atoms with van der Waals surface area (Å²) >= 11 is 6.38. The second kappa shape index (κ2) is 15.8. The molecule has 4 aromatic rings. The van der Waals surface area contributed by atoms with Crippen LogP contribution in [-0.4, -0.2) is 88.2 Å². The van der Waals surface area contributed by atoms with Gasteiger partial charge in [0.1, 0.15) is 40.4 Å². The molecule has 8 rings (SSSR count). The summed E-state index contributed by atoms with van der Waals surface area (Å²) in [6.07, 6.45) is 6.30. The van der Waals surface area contributed by atoms with E-state index in [2.05, 4.69) is 15.4 Å². The van der Waals surface area contributed by atoms with Crippen molar-refractivity contribution >= 4 is 67.5 Å². The SMILES string of the molecule is CC(C)(C)OC(=O)NC1CCCCC/C=C\C2CC2(C(=O)NS(=O)(=O)C2CC2)NC(=O)C2CC(Oc3nc(-c4ccccc4)nc4c3oc3ccc(Cl)cc34)CN2C1=O. The lowest BCUT2D eigenvalue weighted by atomic mass is 10.0. The number of fused-ring (bicyclic) bond motifs is 5. The lowest BCUT2D eigenvalue weighted by Gasteiger charge is -2.30. The third kappa shape index (κ3) is 8.74. The van der Waals surface area contributed by atoms with Gasteiger partial charge in [0.15, 0.2) is 5.82 Å². The van der Waals surface area contributed by atoms with Gasteiger partial charge in [-0.25, -0.2) is 18.2 Å². The Labute approximate surface area is 346 Å². The Balaban J connectivity index is 1.15. The molecule has 3 fully saturated rings. The summed E-state index contributed by atoms with van der Waals surface area (Å²) in [6.45, 7) is 5.06. The molecular weight excluding hydrogens is 800 g/mol. The van der Waals surface area contributed by atoms with Gasteiger partial charge in [-0.3, -0.25) is 19.1 Å². The molecule has 4 aliphatic rings. The van der Waals surface area contributed by atoms with E-state index >= 15 is 0 Å². The zero-order chi connectivity index (χ0) is 41.7. The average Bonchev–Trinajstić information content (AvgIpc) is 4.08. The van der Waals surface area contributed by atoms with Gasteiger partial charge < -0.3 is 29.4 Å². The van der Waals surface area contributed by atoms with Crippen LogP contribution in [0.1, 0.15) is 78.6 Å². The molecule has 5 atom stereocenters. The molecule has 2 aromatic carbocycles. The van der Waals surface area contributed by atoms with Gasteiger partial charge in [0.2, 0.25) is 27.4 Å². The molecule has 0 bridgehead atoms. The fraction of sp³-hybridized carbons (Fsp3) is 0.476. The fourth-order valence-electron chi connectivity index (χ4n) is 7.84. The van der Waals surface area contributed by atoms with Crippen LogP contribution >= 0.6 is 11.6 Å². The molecule has 0 spiro atoms. The van der Waals surface area contributed by atoms with Crippen molar-refractivity contribution in [3.63, 3.8) is 0 Å². The predicted octanol–water partition coefficient (Wildman–Crippen LogP) is 5.94. The minimum absolute atomic E-state index is 0.0342. The van der Waals surface area contributed by atoms with Crippen LogP contribution in [-0.2, 0) is 29.1 Å². The number of hydrogen-bond donors (Lipinski definition) is 3. The van der Waals surface area contributed by atoms with Crippen LogP contribution in [0.2, 0.25) is 5.02 Å². The molecule has 5 unspecified atom stereocenters. The standard InChI is InChI=1S/C42H47ClN6O9S/c1-41(2,3)58-40(53)44-30-15-11-6-4-5-10-14-25-22-42(25,39(52)48-59(54,55)28-17-18-28)47-36(50)31-21-27(23-49(31)38(30)51)56-37-34-33(29-20-26(43)16-19-32(29)57-34)45-35(46-37)24-12-8-7-9-13-24/h7-10,12-14,16,19-20,25,27-28,30-31H,4-6,11,15,17-18,21-23H2,1-3H3,(H,44,53)(H,47,50)(H,48,52)/b14-10-. The first kappa shape index (κ1) is 40.6. The average molecular weight is 847 g/mol. The van der Waals surface area contributed by atoms with Gasteiger partial charge in [-0.2, -0.15) is 4.98 Å². The molecule has 4 amide bonds. The number of aromatic nitrogens is 2. The van der Waals surface area contributed by atoms with Gasteiger partial charge in [0.05, 0.1) is 11.8 Å². The number of amides is 4. The van der Waals surface area contributed by atoms with E-state index in [0.29, 0.717) is 58.6 Å². The van der Waals surface area contributed by atoms with Crippen molar-refractivity contribution in [2.75, 3.05) is 6.54 Å². The van der Waals surface area contributed by atoms with Crippen molar-refractivity contribution in [3.05, 3.63) is 65.7 Å². The molecule has 17 heteroatoms. The van der Waals surface area contributed by atoms with E-state index < -0.39 is 74.3 Å². The van der Waals surface area contributed by atoms with Crippen LogP contribution in [0.4, 0.5) is 4.79 Å². The number of furan rings is 1. The Kier molecular flexibility index (Phi) is 10.8. The van der Waals surface area contributed by atoms with Crippen LogP contribution in [0.25, 0.3) is 33.5 Å². The van der Waals surface area contributed by atoms with Crippen molar-refractivity contribution in [1.82, 2.24) is 30.2 Å². The van der Waals surface area contributed by atoms with E-state index in [1.54, 1.807) is 39.0 Å². The lowest BCUT2D eigenvalue weighted by Crippen LogP contribution is -2.58. The summed E-state index contributed by atoms with van der Waals surface area (Å²) in [5, 5.41) is 6.10. The normalized spacial score (nSPS) is 25.9. The maximum Gasteiger partial charge on any atom is 0.408 e. The number of halogens is 1. The molecule has 2 aromatic heterocycles. The molecule has 312 valence electrons.